The van der Waals surface area contributed by atoms with Crippen molar-refractivity contribution in [2.45, 2.75) is 0 Å². The van der Waals surface area contributed by atoms with E-state index in [-0.39, 0.29) is 0 Å². The Labute approximate surface area is 133 Å². The van der Waals surface area contributed by atoms with Crippen molar-refractivity contribution in [2.75, 3.05) is 33.4 Å². The van der Waals surface area contributed by atoms with Gasteiger partial charge < -0.3 is 0 Å². The first-order valence-electron chi connectivity index (χ1n) is 6.26. The number of hydrogen-bond donors (Lipinski definition) is 2. The first-order chi connectivity index (χ1) is 10.5. The summed E-state index contributed by atoms with van der Waals surface area (Å²) in [6.45, 7) is 0. The fourth-order valence-corrected chi connectivity index (χ4v) is 1.87. The molecule has 0 radical (unpaired) electrons. The van der Waals surface area contributed by atoms with Gasteiger partial charge in [0.2, 0.25) is 5.82 Å². The van der Waals surface area contributed by atoms with Crippen molar-refractivity contribution in [3.63, 3.8) is 0 Å². The van der Waals surface area contributed by atoms with Crippen molar-refractivity contribution in [1.82, 2.24) is 20.3 Å². The number of hydrazine groups is 2. The number of nitrogens with one attached hydrogen (secondary N) is 1. The van der Waals surface area contributed by atoms with Crippen LogP contribution in [0.4, 0.5) is 36.7 Å². The van der Waals surface area contributed by atoms with E-state index in [4.69, 9.17) is 0 Å². The number of anilines is 1. The molecule has 0 atom stereocenters. The molecule has 0 saturated carbocycles. The maximum absolute atomic E-state index is 10.7. The molecule has 0 aliphatic carbocycles. The molecule has 24 heavy (non-hydrogen) atoms. The monoisotopic (exact) mass is 382 g/mol. The van der Waals surface area contributed by atoms with Gasteiger partial charge >= 0.3 is 38.9 Å². The Kier molecular flexibility index (Phi) is 4.61. The molecule has 0 aromatic carbocycles. The van der Waals surface area contributed by atoms with E-state index in [1.54, 1.807) is 10.9 Å². The zero-order valence-corrected chi connectivity index (χ0v) is 14.0. The van der Waals surface area contributed by atoms with Crippen molar-refractivity contribution >= 4 is 25.3 Å². The molecule has 2 rings (SSSR count). The average Bonchev–Trinajstić information content (AvgIpc) is 2.63. The van der Waals surface area contributed by atoms with Crippen LogP contribution in [-0.2, 0) is 0 Å². The standard InChI is InChI=1S/C10H17N6O.F6P/c1-13(2)10(14(3)4)15-8-6-5-7-11-9(8)16(17)12-15;1-7(2,3,4,5)6/h5-7,12,17H,1-4H3;/q+1;-1. The van der Waals surface area contributed by atoms with E-state index in [2.05, 4.69) is 10.5 Å². The quantitative estimate of drug-likeness (QED) is 0.311. The van der Waals surface area contributed by atoms with Crippen molar-refractivity contribution in [3.05, 3.63) is 18.3 Å². The van der Waals surface area contributed by atoms with Gasteiger partial charge in [0.15, 0.2) is 5.69 Å². The molecule has 0 unspecified atom stereocenters. The number of halogens is 6. The Morgan fingerprint density at radius 2 is 1.58 bits per heavy atom. The van der Waals surface area contributed by atoms with Crippen LogP contribution >= 0.6 is 7.81 Å². The van der Waals surface area contributed by atoms with Crippen LogP contribution in [0.25, 0.3) is 0 Å². The van der Waals surface area contributed by atoms with Crippen LogP contribution in [0.3, 0.4) is 0 Å². The van der Waals surface area contributed by atoms with E-state index in [1.807, 2.05) is 50.1 Å². The summed E-state index contributed by atoms with van der Waals surface area (Å²) in [5.74, 6) is 1.37. The Morgan fingerprint density at radius 3 is 2.00 bits per heavy atom. The van der Waals surface area contributed by atoms with E-state index < -0.39 is 7.81 Å². The molecule has 0 fully saturated rings. The molecule has 2 N–H and O–H groups in total. The van der Waals surface area contributed by atoms with Gasteiger partial charge in [-0.25, -0.2) is 4.98 Å². The van der Waals surface area contributed by atoms with Crippen molar-refractivity contribution in [1.29, 1.82) is 0 Å². The van der Waals surface area contributed by atoms with Crippen LogP contribution in [-0.4, -0.2) is 58.8 Å². The van der Waals surface area contributed by atoms with Crippen LogP contribution in [0.2, 0.25) is 0 Å². The summed E-state index contributed by atoms with van der Waals surface area (Å²) in [7, 11) is -2.91. The van der Waals surface area contributed by atoms with Gasteiger partial charge in [-0.15, -0.1) is 9.86 Å². The number of hydrogen-bond acceptors (Lipinski definition) is 4. The predicted molar refractivity (Wildman–Crippen MR) is 77.5 cm³/mol. The van der Waals surface area contributed by atoms with Gasteiger partial charge in [0, 0.05) is 6.20 Å². The van der Waals surface area contributed by atoms with Gasteiger partial charge in [0.25, 0.3) is 0 Å². The molecule has 0 bridgehead atoms. The third-order valence-corrected chi connectivity index (χ3v) is 2.40. The normalized spacial score (nSPS) is 16.1. The second-order valence-corrected chi connectivity index (χ2v) is 7.06. The summed E-state index contributed by atoms with van der Waals surface area (Å²) in [4.78, 5) is 8.01. The molecule has 140 valence electrons. The van der Waals surface area contributed by atoms with Gasteiger partial charge in [-0.3, -0.25) is 15.0 Å². The number of aromatic nitrogens is 1. The SMILES string of the molecule is CN(C)C(N(C)C)=[N+]1NN(O)c2ncccc21.F[P-](F)(F)(F)(F)F. The topological polar surface area (TPSA) is 57.9 Å². The molecule has 1 aliphatic heterocycles. The number of hydrazone groups is 1. The van der Waals surface area contributed by atoms with Crippen LogP contribution in [0, 0.1) is 0 Å². The number of rotatable bonds is 0. The summed E-state index contributed by atoms with van der Waals surface area (Å²) >= 11 is 0. The van der Waals surface area contributed by atoms with Crippen LogP contribution < -0.4 is 10.7 Å². The number of pyridine rings is 1. The third-order valence-electron chi connectivity index (χ3n) is 2.40. The number of guanidine groups is 1. The summed E-state index contributed by atoms with van der Waals surface area (Å²) in [5, 5.41) is 10.6. The molecular weight excluding hydrogens is 365 g/mol. The molecular formula is C10H17F6N6OP. The van der Waals surface area contributed by atoms with Crippen molar-refractivity contribution < 1.29 is 35.1 Å². The second-order valence-electron chi connectivity index (χ2n) is 5.14. The van der Waals surface area contributed by atoms with Gasteiger partial charge in [0.1, 0.15) is 0 Å². The molecule has 0 spiro atoms. The van der Waals surface area contributed by atoms with E-state index >= 15 is 0 Å². The van der Waals surface area contributed by atoms with Gasteiger partial charge in [-0.05, 0) is 12.1 Å². The summed E-state index contributed by atoms with van der Waals surface area (Å²) in [6, 6.07) is 3.72. The molecule has 0 saturated heterocycles. The van der Waals surface area contributed by atoms with Gasteiger partial charge in [-0.2, -0.15) is 5.53 Å². The Bertz CT molecular complexity index is 625. The van der Waals surface area contributed by atoms with E-state index in [0.717, 1.165) is 16.8 Å². The Morgan fingerprint density at radius 1 is 1.12 bits per heavy atom. The zero-order valence-electron chi connectivity index (χ0n) is 13.1. The van der Waals surface area contributed by atoms with Crippen molar-refractivity contribution in [3.8, 4) is 0 Å². The minimum atomic E-state index is -10.7. The zero-order chi connectivity index (χ0) is 19.0. The van der Waals surface area contributed by atoms with Crippen LogP contribution in [0.15, 0.2) is 18.3 Å². The fourth-order valence-electron chi connectivity index (χ4n) is 1.87. The van der Waals surface area contributed by atoms with Gasteiger partial charge in [0.05, 0.1) is 28.2 Å². The molecule has 14 heteroatoms. The van der Waals surface area contributed by atoms with Crippen molar-refractivity contribution in [2.24, 2.45) is 0 Å². The summed E-state index contributed by atoms with van der Waals surface area (Å²) in [5.41, 5.74) is 3.62. The number of fused-ring (bicyclic) bond motifs is 1. The first-order valence-corrected chi connectivity index (χ1v) is 8.28. The Balaban J connectivity index is 0.000000351. The predicted octanol–water partition coefficient (Wildman–Crippen LogP) is 3.22. The maximum atomic E-state index is 9.87. The summed E-state index contributed by atoms with van der Waals surface area (Å²) in [6.07, 6.45) is 1.64. The number of nitrogens with zero attached hydrogens (tertiary/aromatic N) is 5. The van der Waals surface area contributed by atoms with E-state index in [1.165, 1.54) is 0 Å². The molecule has 2 heterocycles. The third kappa shape index (κ3) is 6.62. The van der Waals surface area contributed by atoms with Gasteiger partial charge in [-0.1, -0.05) is 0 Å². The molecule has 0 amide bonds. The molecule has 1 aromatic rings. The minimum absolute atomic E-state index is 0.480. The fraction of sp³-hybridized carbons (Fsp3) is 0.400. The molecule has 1 aliphatic rings. The van der Waals surface area contributed by atoms with Crippen LogP contribution in [0.1, 0.15) is 0 Å². The summed E-state index contributed by atoms with van der Waals surface area (Å²) < 4.78 is 61.0. The first kappa shape index (κ1) is 20.0. The van der Waals surface area contributed by atoms with E-state index in [9.17, 15) is 30.4 Å². The molecule has 7 nitrogen and oxygen atoms in total. The Hall–Kier alpha value is -2.01. The van der Waals surface area contributed by atoms with Crippen LogP contribution in [0.5, 0.6) is 0 Å². The van der Waals surface area contributed by atoms with E-state index in [0.29, 0.717) is 5.82 Å². The average molecular weight is 382 g/mol. The second kappa shape index (κ2) is 5.52. The molecule has 1 aromatic heterocycles.